The Hall–Kier alpha value is -1.61. The van der Waals surface area contributed by atoms with E-state index in [0.29, 0.717) is 0 Å². The van der Waals surface area contributed by atoms with Crippen LogP contribution < -0.4 is 5.32 Å². The number of halogens is 1. The Bertz CT molecular complexity index is 547. The maximum atomic E-state index is 13.0. The molecule has 0 spiro atoms. The van der Waals surface area contributed by atoms with Crippen molar-refractivity contribution in [1.82, 2.24) is 5.32 Å². The van der Waals surface area contributed by atoms with E-state index in [1.54, 1.807) is 12.1 Å². The highest BCUT2D eigenvalue weighted by atomic mass is 19.1. The van der Waals surface area contributed by atoms with Crippen LogP contribution in [0.5, 0.6) is 0 Å². The summed E-state index contributed by atoms with van der Waals surface area (Å²) in [6.07, 6.45) is 0.817. The van der Waals surface area contributed by atoms with Crippen molar-refractivity contribution in [2.75, 3.05) is 6.54 Å². The minimum absolute atomic E-state index is 0.174. The maximum absolute atomic E-state index is 13.0. The number of hydrogen-bond acceptors (Lipinski definition) is 2. The van der Waals surface area contributed by atoms with Crippen LogP contribution in [-0.2, 0) is 6.42 Å². The Morgan fingerprint density at radius 2 is 2.05 bits per heavy atom. The molecule has 0 saturated carbocycles. The zero-order chi connectivity index (χ0) is 13.8. The summed E-state index contributed by atoms with van der Waals surface area (Å²) >= 11 is 0. The Morgan fingerprint density at radius 3 is 2.68 bits per heavy atom. The second-order valence-electron chi connectivity index (χ2n) is 4.92. The molecule has 2 nitrogen and oxygen atoms in total. The first kappa shape index (κ1) is 13.8. The fourth-order valence-electron chi connectivity index (χ4n) is 2.32. The SMILES string of the molecule is Cc1cc(C(C)NCCc2cccc(F)c2)c(C)o1. The van der Waals surface area contributed by atoms with Gasteiger partial charge in [0.25, 0.3) is 0 Å². The molecule has 0 radical (unpaired) electrons. The number of benzene rings is 1. The molecule has 0 bridgehead atoms. The summed E-state index contributed by atoms with van der Waals surface area (Å²) in [5.41, 5.74) is 2.21. The van der Waals surface area contributed by atoms with E-state index in [1.807, 2.05) is 19.9 Å². The molecule has 1 N–H and O–H groups in total. The van der Waals surface area contributed by atoms with Gasteiger partial charge in [-0.1, -0.05) is 12.1 Å². The van der Waals surface area contributed by atoms with Crippen molar-refractivity contribution in [2.24, 2.45) is 0 Å². The minimum atomic E-state index is -0.174. The standard InChI is InChI=1S/C16H20FNO/c1-11-9-16(13(3)19-11)12(2)18-8-7-14-5-4-6-15(17)10-14/h4-6,9-10,12,18H,7-8H2,1-3H3. The quantitative estimate of drug-likeness (QED) is 0.882. The van der Waals surface area contributed by atoms with Gasteiger partial charge in [0.15, 0.2) is 0 Å². The van der Waals surface area contributed by atoms with Gasteiger partial charge in [-0.3, -0.25) is 0 Å². The molecule has 1 unspecified atom stereocenters. The topological polar surface area (TPSA) is 25.2 Å². The van der Waals surface area contributed by atoms with Crippen LogP contribution in [0.25, 0.3) is 0 Å². The van der Waals surface area contributed by atoms with Gasteiger partial charge in [0.1, 0.15) is 17.3 Å². The molecule has 0 aliphatic heterocycles. The van der Waals surface area contributed by atoms with Gasteiger partial charge in [-0.2, -0.15) is 0 Å². The van der Waals surface area contributed by atoms with E-state index in [-0.39, 0.29) is 11.9 Å². The third kappa shape index (κ3) is 3.67. The van der Waals surface area contributed by atoms with E-state index in [4.69, 9.17) is 4.42 Å². The minimum Gasteiger partial charge on any atom is -0.466 e. The second-order valence-corrected chi connectivity index (χ2v) is 4.92. The Labute approximate surface area is 113 Å². The van der Waals surface area contributed by atoms with Gasteiger partial charge < -0.3 is 9.73 Å². The van der Waals surface area contributed by atoms with Crippen molar-refractivity contribution in [2.45, 2.75) is 33.2 Å². The number of furan rings is 1. The molecule has 1 aromatic carbocycles. The van der Waals surface area contributed by atoms with E-state index >= 15 is 0 Å². The van der Waals surface area contributed by atoms with Crippen molar-refractivity contribution < 1.29 is 8.81 Å². The van der Waals surface area contributed by atoms with Crippen molar-refractivity contribution in [3.63, 3.8) is 0 Å². The lowest BCUT2D eigenvalue weighted by Gasteiger charge is -2.13. The van der Waals surface area contributed by atoms with Crippen molar-refractivity contribution in [1.29, 1.82) is 0 Å². The molecule has 1 atom stereocenters. The summed E-state index contributed by atoms with van der Waals surface area (Å²) in [5, 5.41) is 3.44. The van der Waals surface area contributed by atoms with Crippen LogP contribution in [0.15, 0.2) is 34.7 Å². The first-order valence-electron chi connectivity index (χ1n) is 6.61. The highest BCUT2D eigenvalue weighted by molar-refractivity contribution is 5.23. The lowest BCUT2D eigenvalue weighted by molar-refractivity contribution is 0.490. The Morgan fingerprint density at radius 1 is 1.26 bits per heavy atom. The molecule has 1 aromatic heterocycles. The highest BCUT2D eigenvalue weighted by Crippen LogP contribution is 2.21. The predicted octanol–water partition coefficient (Wildman–Crippen LogP) is 3.93. The molecule has 0 saturated heterocycles. The predicted molar refractivity (Wildman–Crippen MR) is 74.7 cm³/mol. The molecule has 2 rings (SSSR count). The third-order valence-corrected chi connectivity index (χ3v) is 3.30. The summed E-state index contributed by atoms with van der Waals surface area (Å²) in [5.74, 6) is 1.72. The number of nitrogens with one attached hydrogen (secondary N) is 1. The van der Waals surface area contributed by atoms with E-state index in [2.05, 4.69) is 18.3 Å². The molecule has 0 aliphatic carbocycles. The smallest absolute Gasteiger partial charge is 0.123 e. The lowest BCUT2D eigenvalue weighted by atomic mass is 10.1. The first-order valence-corrected chi connectivity index (χ1v) is 6.61. The highest BCUT2D eigenvalue weighted by Gasteiger charge is 2.11. The van der Waals surface area contributed by atoms with Crippen LogP contribution in [0.2, 0.25) is 0 Å². The Kier molecular flexibility index (Phi) is 4.38. The zero-order valence-electron chi connectivity index (χ0n) is 11.7. The number of hydrogen-bond donors (Lipinski definition) is 1. The number of aryl methyl sites for hydroxylation is 2. The average Bonchev–Trinajstić information content (AvgIpc) is 2.68. The number of rotatable bonds is 5. The Balaban J connectivity index is 1.87. The van der Waals surface area contributed by atoms with Crippen LogP contribution in [0.1, 0.15) is 35.6 Å². The first-order chi connectivity index (χ1) is 9.06. The van der Waals surface area contributed by atoms with E-state index < -0.39 is 0 Å². The summed E-state index contributed by atoms with van der Waals surface area (Å²) in [7, 11) is 0. The fraction of sp³-hybridized carbons (Fsp3) is 0.375. The van der Waals surface area contributed by atoms with Crippen LogP contribution in [0, 0.1) is 19.7 Å². The molecular formula is C16H20FNO. The van der Waals surface area contributed by atoms with Gasteiger partial charge in [0, 0.05) is 11.6 Å². The summed E-state index contributed by atoms with van der Waals surface area (Å²) in [4.78, 5) is 0. The summed E-state index contributed by atoms with van der Waals surface area (Å²) in [6.45, 7) is 6.86. The average molecular weight is 261 g/mol. The van der Waals surface area contributed by atoms with Crippen LogP contribution in [-0.4, -0.2) is 6.54 Å². The van der Waals surface area contributed by atoms with Gasteiger partial charge in [0.2, 0.25) is 0 Å². The van der Waals surface area contributed by atoms with Crippen molar-refractivity contribution in [3.05, 3.63) is 58.8 Å². The van der Waals surface area contributed by atoms with Crippen LogP contribution in [0.3, 0.4) is 0 Å². The van der Waals surface area contributed by atoms with Crippen molar-refractivity contribution in [3.8, 4) is 0 Å². The van der Waals surface area contributed by atoms with Crippen LogP contribution >= 0.6 is 0 Å². The molecular weight excluding hydrogens is 241 g/mol. The van der Waals surface area contributed by atoms with Crippen molar-refractivity contribution >= 4 is 0 Å². The maximum Gasteiger partial charge on any atom is 0.123 e. The van der Waals surface area contributed by atoms with Gasteiger partial charge in [-0.15, -0.1) is 0 Å². The third-order valence-electron chi connectivity index (χ3n) is 3.30. The molecule has 0 amide bonds. The monoisotopic (exact) mass is 261 g/mol. The molecule has 0 fully saturated rings. The lowest BCUT2D eigenvalue weighted by Crippen LogP contribution is -2.21. The van der Waals surface area contributed by atoms with E-state index in [1.165, 1.54) is 11.6 Å². The fourth-order valence-corrected chi connectivity index (χ4v) is 2.32. The van der Waals surface area contributed by atoms with E-state index in [9.17, 15) is 4.39 Å². The molecule has 1 heterocycles. The molecule has 2 aromatic rings. The van der Waals surface area contributed by atoms with E-state index in [0.717, 1.165) is 30.0 Å². The second kappa shape index (κ2) is 6.02. The molecule has 3 heteroatoms. The van der Waals surface area contributed by atoms with Crippen LogP contribution in [0.4, 0.5) is 4.39 Å². The van der Waals surface area contributed by atoms with Gasteiger partial charge in [0.05, 0.1) is 0 Å². The molecule has 102 valence electrons. The largest absolute Gasteiger partial charge is 0.466 e. The molecule has 19 heavy (non-hydrogen) atoms. The zero-order valence-corrected chi connectivity index (χ0v) is 11.7. The van der Waals surface area contributed by atoms with Gasteiger partial charge >= 0.3 is 0 Å². The summed E-state index contributed by atoms with van der Waals surface area (Å²) < 4.78 is 18.6. The molecule has 0 aliphatic rings. The van der Waals surface area contributed by atoms with Gasteiger partial charge in [-0.05, 0) is 57.5 Å². The summed E-state index contributed by atoms with van der Waals surface area (Å²) in [6, 6.07) is 9.05. The normalized spacial score (nSPS) is 12.6. The van der Waals surface area contributed by atoms with Gasteiger partial charge in [-0.25, -0.2) is 4.39 Å².